The normalized spacial score (nSPS) is 12.3. The van der Waals surface area contributed by atoms with Crippen LogP contribution in [-0.4, -0.2) is 16.5 Å². The zero-order valence-electron chi connectivity index (χ0n) is 11.6. The molecule has 3 heteroatoms. The molecule has 0 aliphatic heterocycles. The molecule has 100 valence electrons. The maximum absolute atomic E-state index is 4.41. The third kappa shape index (κ3) is 3.86. The Labute approximate surface area is 115 Å². The molecule has 0 bridgehead atoms. The number of aromatic nitrogens is 2. The van der Waals surface area contributed by atoms with Crippen LogP contribution in [0.4, 0.5) is 0 Å². The number of benzene rings is 1. The van der Waals surface area contributed by atoms with E-state index in [1.807, 2.05) is 6.20 Å². The van der Waals surface area contributed by atoms with Crippen LogP contribution in [0.5, 0.6) is 0 Å². The molecule has 0 amide bonds. The minimum atomic E-state index is 0.276. The van der Waals surface area contributed by atoms with Crippen molar-refractivity contribution < 1.29 is 0 Å². The molecule has 1 unspecified atom stereocenters. The van der Waals surface area contributed by atoms with Crippen LogP contribution in [0.1, 0.15) is 36.2 Å². The lowest BCUT2D eigenvalue weighted by Gasteiger charge is -2.17. The van der Waals surface area contributed by atoms with Gasteiger partial charge in [-0.05, 0) is 37.4 Å². The molecule has 0 aliphatic carbocycles. The van der Waals surface area contributed by atoms with Crippen LogP contribution in [-0.2, 0) is 6.42 Å². The summed E-state index contributed by atoms with van der Waals surface area (Å²) in [7, 11) is 0. The molecule has 0 saturated heterocycles. The Bertz CT molecular complexity index is 496. The first-order valence-electron chi connectivity index (χ1n) is 6.85. The van der Waals surface area contributed by atoms with E-state index in [9.17, 15) is 0 Å². The van der Waals surface area contributed by atoms with Crippen molar-refractivity contribution in [2.45, 2.75) is 32.7 Å². The second-order valence-electron chi connectivity index (χ2n) is 4.71. The monoisotopic (exact) mass is 255 g/mol. The van der Waals surface area contributed by atoms with Crippen molar-refractivity contribution in [3.05, 3.63) is 59.7 Å². The summed E-state index contributed by atoms with van der Waals surface area (Å²) in [6, 6.07) is 8.84. The maximum atomic E-state index is 4.41. The minimum Gasteiger partial charge on any atom is -0.309 e. The fraction of sp³-hybridized carbons (Fsp3) is 0.375. The first kappa shape index (κ1) is 13.7. The fourth-order valence-electron chi connectivity index (χ4n) is 2.28. The molecule has 1 N–H and O–H groups in total. The van der Waals surface area contributed by atoms with E-state index in [1.165, 1.54) is 11.1 Å². The van der Waals surface area contributed by atoms with Gasteiger partial charge in [-0.15, -0.1) is 0 Å². The van der Waals surface area contributed by atoms with Gasteiger partial charge in [-0.2, -0.15) is 0 Å². The van der Waals surface area contributed by atoms with Gasteiger partial charge in [-0.1, -0.05) is 31.2 Å². The average Bonchev–Trinajstić information content (AvgIpc) is 2.46. The van der Waals surface area contributed by atoms with E-state index in [2.05, 4.69) is 53.4 Å². The van der Waals surface area contributed by atoms with E-state index in [0.717, 1.165) is 25.1 Å². The van der Waals surface area contributed by atoms with Crippen LogP contribution in [0.15, 0.2) is 42.9 Å². The molecule has 1 heterocycles. The Morgan fingerprint density at radius 2 is 2.05 bits per heavy atom. The molecule has 1 aromatic carbocycles. The third-order valence-corrected chi connectivity index (χ3v) is 3.35. The van der Waals surface area contributed by atoms with Gasteiger partial charge in [0.1, 0.15) is 0 Å². The van der Waals surface area contributed by atoms with Gasteiger partial charge in [0.15, 0.2) is 0 Å². The van der Waals surface area contributed by atoms with Crippen molar-refractivity contribution in [3.8, 4) is 0 Å². The summed E-state index contributed by atoms with van der Waals surface area (Å²) in [4.78, 5) is 8.57. The standard InChI is InChI=1S/C16H21N3/c1-3-18-15(16-12-17-10-11-19-16)9-8-14-7-5-4-6-13(14)2/h4-7,10-12,15,18H,3,8-9H2,1-2H3. The van der Waals surface area contributed by atoms with Crippen LogP contribution in [0.2, 0.25) is 0 Å². The van der Waals surface area contributed by atoms with Crippen LogP contribution in [0.25, 0.3) is 0 Å². The predicted octanol–water partition coefficient (Wildman–Crippen LogP) is 3.07. The van der Waals surface area contributed by atoms with Crippen LogP contribution >= 0.6 is 0 Å². The Morgan fingerprint density at radius 1 is 1.21 bits per heavy atom. The quantitative estimate of drug-likeness (QED) is 0.862. The van der Waals surface area contributed by atoms with E-state index in [0.29, 0.717) is 0 Å². The lowest BCUT2D eigenvalue weighted by Crippen LogP contribution is -2.22. The number of nitrogens with one attached hydrogen (secondary N) is 1. The molecule has 0 saturated carbocycles. The van der Waals surface area contributed by atoms with Gasteiger partial charge in [0.25, 0.3) is 0 Å². The summed E-state index contributed by atoms with van der Waals surface area (Å²) in [6.07, 6.45) is 7.42. The van der Waals surface area contributed by atoms with E-state index in [4.69, 9.17) is 0 Å². The highest BCUT2D eigenvalue weighted by atomic mass is 14.9. The molecule has 1 aromatic heterocycles. The largest absolute Gasteiger partial charge is 0.309 e. The van der Waals surface area contributed by atoms with Gasteiger partial charge in [0, 0.05) is 18.6 Å². The topological polar surface area (TPSA) is 37.8 Å². The van der Waals surface area contributed by atoms with Crippen molar-refractivity contribution in [3.63, 3.8) is 0 Å². The summed E-state index contributed by atoms with van der Waals surface area (Å²) >= 11 is 0. The number of rotatable bonds is 6. The van der Waals surface area contributed by atoms with E-state index >= 15 is 0 Å². The molecular formula is C16H21N3. The van der Waals surface area contributed by atoms with Crippen molar-refractivity contribution >= 4 is 0 Å². The van der Waals surface area contributed by atoms with Crippen molar-refractivity contribution in [2.75, 3.05) is 6.54 Å². The highest BCUT2D eigenvalue weighted by Gasteiger charge is 2.12. The summed E-state index contributed by atoms with van der Waals surface area (Å²) in [6.45, 7) is 5.23. The Hall–Kier alpha value is -1.74. The molecule has 3 nitrogen and oxygen atoms in total. The van der Waals surface area contributed by atoms with E-state index < -0.39 is 0 Å². The lowest BCUT2D eigenvalue weighted by atomic mass is 9.99. The zero-order chi connectivity index (χ0) is 13.5. The summed E-state index contributed by atoms with van der Waals surface area (Å²) < 4.78 is 0. The smallest absolute Gasteiger partial charge is 0.0756 e. The van der Waals surface area contributed by atoms with E-state index in [1.54, 1.807) is 12.4 Å². The fourth-order valence-corrected chi connectivity index (χ4v) is 2.28. The summed E-state index contributed by atoms with van der Waals surface area (Å²) in [5.74, 6) is 0. The zero-order valence-corrected chi connectivity index (χ0v) is 11.6. The van der Waals surface area contributed by atoms with Crippen molar-refractivity contribution in [1.82, 2.24) is 15.3 Å². The van der Waals surface area contributed by atoms with Gasteiger partial charge in [-0.3, -0.25) is 9.97 Å². The minimum absolute atomic E-state index is 0.276. The van der Waals surface area contributed by atoms with Crippen molar-refractivity contribution in [2.24, 2.45) is 0 Å². The first-order valence-corrected chi connectivity index (χ1v) is 6.85. The number of hydrogen-bond donors (Lipinski definition) is 1. The molecule has 0 spiro atoms. The molecular weight excluding hydrogens is 234 g/mol. The molecule has 2 aromatic rings. The van der Waals surface area contributed by atoms with Gasteiger partial charge in [-0.25, -0.2) is 0 Å². The van der Waals surface area contributed by atoms with Gasteiger partial charge in [0.05, 0.1) is 11.7 Å². The Morgan fingerprint density at radius 3 is 2.74 bits per heavy atom. The van der Waals surface area contributed by atoms with Gasteiger partial charge < -0.3 is 5.32 Å². The SMILES string of the molecule is CCNC(CCc1ccccc1C)c1cnccn1. The first-order chi connectivity index (χ1) is 9.31. The highest BCUT2D eigenvalue weighted by molar-refractivity contribution is 5.25. The van der Waals surface area contributed by atoms with Crippen LogP contribution in [0.3, 0.4) is 0 Å². The predicted molar refractivity (Wildman–Crippen MR) is 77.9 cm³/mol. The number of aryl methyl sites for hydroxylation is 2. The Kier molecular flexibility index (Phi) is 5.04. The molecule has 0 aliphatic rings. The van der Waals surface area contributed by atoms with Gasteiger partial charge >= 0.3 is 0 Å². The van der Waals surface area contributed by atoms with Gasteiger partial charge in [0.2, 0.25) is 0 Å². The Balaban J connectivity index is 2.04. The summed E-state index contributed by atoms with van der Waals surface area (Å²) in [5.41, 5.74) is 3.80. The summed E-state index contributed by atoms with van der Waals surface area (Å²) in [5, 5.41) is 3.49. The molecule has 19 heavy (non-hydrogen) atoms. The molecule has 2 rings (SSSR count). The number of nitrogens with zero attached hydrogens (tertiary/aromatic N) is 2. The third-order valence-electron chi connectivity index (χ3n) is 3.35. The van der Waals surface area contributed by atoms with E-state index in [-0.39, 0.29) is 6.04 Å². The van der Waals surface area contributed by atoms with Crippen LogP contribution < -0.4 is 5.32 Å². The highest BCUT2D eigenvalue weighted by Crippen LogP contribution is 2.18. The lowest BCUT2D eigenvalue weighted by molar-refractivity contribution is 0.501. The maximum Gasteiger partial charge on any atom is 0.0756 e. The molecule has 1 atom stereocenters. The molecule has 0 radical (unpaired) electrons. The van der Waals surface area contributed by atoms with Crippen molar-refractivity contribution in [1.29, 1.82) is 0 Å². The number of hydrogen-bond acceptors (Lipinski definition) is 3. The van der Waals surface area contributed by atoms with Crippen LogP contribution in [0, 0.1) is 6.92 Å². The molecule has 0 fully saturated rings. The second kappa shape index (κ2) is 7.00. The second-order valence-corrected chi connectivity index (χ2v) is 4.71. The average molecular weight is 255 g/mol.